The standard InChI is InChI=1S/C23H22F3N3O4S/c1-14(33-20(30)16-6-10-18(11-7-16)34-22(2,3)21(31)32)19-13-29(28-27-19)12-15-4-8-17(9-5-15)23(24,25)26/h4-11,13-14H,12H2,1-3H3,(H,31,32)/t14-/m1/s1. The van der Waals surface area contributed by atoms with Gasteiger partial charge < -0.3 is 9.84 Å². The van der Waals surface area contributed by atoms with Crippen LogP contribution in [0.2, 0.25) is 0 Å². The fourth-order valence-electron chi connectivity index (χ4n) is 2.85. The van der Waals surface area contributed by atoms with Crippen LogP contribution in [0.4, 0.5) is 13.2 Å². The average molecular weight is 494 g/mol. The van der Waals surface area contributed by atoms with Crippen molar-refractivity contribution in [3.63, 3.8) is 0 Å². The van der Waals surface area contributed by atoms with Gasteiger partial charge in [-0.15, -0.1) is 16.9 Å². The van der Waals surface area contributed by atoms with E-state index in [1.54, 1.807) is 51.2 Å². The summed E-state index contributed by atoms with van der Waals surface area (Å²) in [5.74, 6) is -1.53. The Bertz CT molecular complexity index is 1160. The maximum atomic E-state index is 12.7. The number of alkyl halides is 3. The molecule has 1 aromatic heterocycles. The lowest BCUT2D eigenvalue weighted by Gasteiger charge is -2.18. The minimum atomic E-state index is -4.40. The highest BCUT2D eigenvalue weighted by Gasteiger charge is 2.30. The van der Waals surface area contributed by atoms with Crippen molar-refractivity contribution in [1.82, 2.24) is 15.0 Å². The van der Waals surface area contributed by atoms with Crippen LogP contribution in [0, 0.1) is 0 Å². The summed E-state index contributed by atoms with van der Waals surface area (Å²) in [4.78, 5) is 24.4. The first-order valence-corrected chi connectivity index (χ1v) is 11.0. The number of carbonyl (C=O) groups is 2. The molecule has 3 aromatic rings. The number of thioether (sulfide) groups is 1. The van der Waals surface area contributed by atoms with E-state index in [4.69, 9.17) is 4.74 Å². The number of benzene rings is 2. The summed E-state index contributed by atoms with van der Waals surface area (Å²) >= 11 is 1.16. The van der Waals surface area contributed by atoms with Crippen molar-refractivity contribution < 1.29 is 32.6 Å². The smallest absolute Gasteiger partial charge is 0.416 e. The molecule has 34 heavy (non-hydrogen) atoms. The fourth-order valence-corrected chi connectivity index (χ4v) is 3.80. The quantitative estimate of drug-likeness (QED) is 0.340. The highest BCUT2D eigenvalue weighted by Crippen LogP contribution is 2.33. The van der Waals surface area contributed by atoms with Gasteiger partial charge in [0, 0.05) is 4.90 Å². The molecular formula is C23H22F3N3O4S. The van der Waals surface area contributed by atoms with E-state index in [0.29, 0.717) is 21.7 Å². The third-order valence-electron chi connectivity index (χ3n) is 4.86. The number of carboxylic acids is 1. The Balaban J connectivity index is 1.59. The Morgan fingerprint density at radius 1 is 1.09 bits per heavy atom. The van der Waals surface area contributed by atoms with Crippen molar-refractivity contribution in [2.45, 2.75) is 49.2 Å². The molecule has 0 saturated heterocycles. The SMILES string of the molecule is C[C@@H](OC(=O)c1ccc(SC(C)(C)C(=O)O)cc1)c1cn(Cc2ccc(C(F)(F)F)cc2)nn1. The van der Waals surface area contributed by atoms with E-state index in [1.165, 1.54) is 16.8 Å². The first kappa shape index (κ1) is 25.3. The minimum absolute atomic E-state index is 0.206. The van der Waals surface area contributed by atoms with Crippen LogP contribution in [0.1, 0.15) is 54.1 Å². The molecule has 11 heteroatoms. The number of carbonyl (C=O) groups excluding carboxylic acids is 1. The lowest BCUT2D eigenvalue weighted by atomic mass is 10.1. The number of halogens is 3. The first-order valence-electron chi connectivity index (χ1n) is 10.1. The van der Waals surface area contributed by atoms with Gasteiger partial charge in [-0.25, -0.2) is 9.48 Å². The molecule has 180 valence electrons. The third-order valence-corrected chi connectivity index (χ3v) is 6.05. The van der Waals surface area contributed by atoms with E-state index in [9.17, 15) is 27.9 Å². The summed E-state index contributed by atoms with van der Waals surface area (Å²) in [5, 5.41) is 17.2. The van der Waals surface area contributed by atoms with Crippen molar-refractivity contribution in [2.24, 2.45) is 0 Å². The van der Waals surface area contributed by atoms with Crippen LogP contribution >= 0.6 is 11.8 Å². The summed E-state index contributed by atoms with van der Waals surface area (Å²) in [6, 6.07) is 11.1. The van der Waals surface area contributed by atoms with Gasteiger partial charge in [-0.2, -0.15) is 13.2 Å². The molecule has 7 nitrogen and oxygen atoms in total. The lowest BCUT2D eigenvalue weighted by Crippen LogP contribution is -2.26. The number of aromatic nitrogens is 3. The van der Waals surface area contributed by atoms with E-state index in [1.807, 2.05) is 0 Å². The largest absolute Gasteiger partial charge is 0.480 e. The van der Waals surface area contributed by atoms with Crippen LogP contribution < -0.4 is 0 Å². The Morgan fingerprint density at radius 2 is 1.71 bits per heavy atom. The normalized spacial score (nSPS) is 12.9. The van der Waals surface area contributed by atoms with Crippen molar-refractivity contribution in [3.05, 3.63) is 77.1 Å². The number of rotatable bonds is 8. The van der Waals surface area contributed by atoms with Gasteiger partial charge in [0.25, 0.3) is 0 Å². The van der Waals surface area contributed by atoms with Crippen LogP contribution in [0.3, 0.4) is 0 Å². The number of ether oxygens (including phenoxy) is 1. The molecule has 0 fully saturated rings. The minimum Gasteiger partial charge on any atom is -0.480 e. The van der Waals surface area contributed by atoms with Crippen molar-refractivity contribution in [1.29, 1.82) is 0 Å². The van der Waals surface area contributed by atoms with Crippen LogP contribution in [-0.2, 0) is 22.3 Å². The Morgan fingerprint density at radius 3 is 2.26 bits per heavy atom. The topological polar surface area (TPSA) is 94.3 Å². The molecule has 1 heterocycles. The maximum Gasteiger partial charge on any atom is 0.416 e. The number of hydrogen-bond acceptors (Lipinski definition) is 6. The van der Waals surface area contributed by atoms with Gasteiger partial charge in [0.1, 0.15) is 16.5 Å². The van der Waals surface area contributed by atoms with Gasteiger partial charge in [0.2, 0.25) is 0 Å². The summed E-state index contributed by atoms with van der Waals surface area (Å²) in [7, 11) is 0. The van der Waals surface area contributed by atoms with Crippen molar-refractivity contribution in [2.75, 3.05) is 0 Å². The molecule has 0 spiro atoms. The molecule has 0 aliphatic carbocycles. The van der Waals surface area contributed by atoms with E-state index in [0.717, 1.165) is 23.9 Å². The summed E-state index contributed by atoms with van der Waals surface area (Å²) in [6.07, 6.45) is -3.55. The van der Waals surface area contributed by atoms with E-state index in [2.05, 4.69) is 10.3 Å². The molecular weight excluding hydrogens is 471 g/mol. The molecule has 1 atom stereocenters. The van der Waals surface area contributed by atoms with Crippen LogP contribution in [-0.4, -0.2) is 36.8 Å². The summed E-state index contributed by atoms with van der Waals surface area (Å²) in [6.45, 7) is 5.02. The molecule has 2 aromatic carbocycles. The predicted molar refractivity (Wildman–Crippen MR) is 118 cm³/mol. The number of nitrogens with zero attached hydrogens (tertiary/aromatic N) is 3. The molecule has 0 bridgehead atoms. The van der Waals surface area contributed by atoms with E-state index < -0.39 is 34.5 Å². The molecule has 0 unspecified atom stereocenters. The van der Waals surface area contributed by atoms with Gasteiger partial charge >= 0.3 is 18.1 Å². The average Bonchev–Trinajstić information content (AvgIpc) is 3.22. The zero-order valence-electron chi connectivity index (χ0n) is 18.5. The van der Waals surface area contributed by atoms with Crippen LogP contribution in [0.15, 0.2) is 59.6 Å². The number of carboxylic acid groups (broad SMARTS) is 1. The first-order chi connectivity index (χ1) is 15.8. The molecule has 0 aliphatic heterocycles. The van der Waals surface area contributed by atoms with Crippen LogP contribution in [0.5, 0.6) is 0 Å². The molecule has 0 saturated carbocycles. The van der Waals surface area contributed by atoms with Gasteiger partial charge in [0.05, 0.1) is 23.9 Å². The highest BCUT2D eigenvalue weighted by atomic mass is 32.2. The second kappa shape index (κ2) is 9.88. The lowest BCUT2D eigenvalue weighted by molar-refractivity contribution is -0.139. The Kier molecular flexibility index (Phi) is 7.35. The number of hydrogen-bond donors (Lipinski definition) is 1. The van der Waals surface area contributed by atoms with E-state index in [-0.39, 0.29) is 6.54 Å². The monoisotopic (exact) mass is 493 g/mol. The fraction of sp³-hybridized carbons (Fsp3) is 0.304. The molecule has 3 rings (SSSR count). The van der Waals surface area contributed by atoms with E-state index >= 15 is 0 Å². The van der Waals surface area contributed by atoms with Gasteiger partial charge in [-0.05, 0) is 62.7 Å². The summed E-state index contributed by atoms with van der Waals surface area (Å²) in [5.41, 5.74) is 0.559. The molecule has 0 aliphatic rings. The highest BCUT2D eigenvalue weighted by molar-refractivity contribution is 8.01. The zero-order chi connectivity index (χ0) is 25.1. The van der Waals surface area contributed by atoms with Gasteiger partial charge in [-0.3, -0.25) is 4.79 Å². The van der Waals surface area contributed by atoms with Gasteiger partial charge in [-0.1, -0.05) is 17.3 Å². The number of aliphatic carboxylic acids is 1. The van der Waals surface area contributed by atoms with Crippen LogP contribution in [0.25, 0.3) is 0 Å². The number of esters is 1. The zero-order valence-corrected chi connectivity index (χ0v) is 19.4. The Hall–Kier alpha value is -3.34. The van der Waals surface area contributed by atoms with Crippen molar-refractivity contribution >= 4 is 23.7 Å². The molecule has 0 radical (unpaired) electrons. The Labute approximate surface area is 197 Å². The molecule has 0 amide bonds. The van der Waals surface area contributed by atoms with Crippen molar-refractivity contribution in [3.8, 4) is 0 Å². The summed E-state index contributed by atoms with van der Waals surface area (Å²) < 4.78 is 43.9. The maximum absolute atomic E-state index is 12.7. The second-order valence-corrected chi connectivity index (χ2v) is 9.72. The second-order valence-electron chi connectivity index (χ2n) is 8.03. The predicted octanol–water partition coefficient (Wildman–Crippen LogP) is 5.22. The third kappa shape index (κ3) is 6.37. The van der Waals surface area contributed by atoms with Gasteiger partial charge in [0.15, 0.2) is 0 Å². The molecule has 1 N–H and O–H groups in total.